The van der Waals surface area contributed by atoms with E-state index in [1.54, 1.807) is 17.0 Å². The van der Waals surface area contributed by atoms with E-state index in [-0.39, 0.29) is 17.8 Å². The fourth-order valence-electron chi connectivity index (χ4n) is 2.26. The van der Waals surface area contributed by atoms with Crippen LogP contribution < -0.4 is 0 Å². The van der Waals surface area contributed by atoms with E-state index in [2.05, 4.69) is 10.1 Å². The first-order chi connectivity index (χ1) is 10.8. The van der Waals surface area contributed by atoms with Crippen LogP contribution in [0.1, 0.15) is 32.6 Å². The highest BCUT2D eigenvalue weighted by atomic mass is 19.1. The molecule has 0 radical (unpaired) electrons. The third kappa shape index (κ3) is 3.49. The quantitative estimate of drug-likeness (QED) is 0.850. The second-order valence-electron chi connectivity index (χ2n) is 6.55. The number of likely N-dealkylation sites (tertiary alicyclic amines) is 1. The number of amides is 1. The summed E-state index contributed by atoms with van der Waals surface area (Å²) < 4.78 is 23.7. The predicted octanol–water partition coefficient (Wildman–Crippen LogP) is 3.21. The minimum atomic E-state index is -0.517. The number of benzene rings is 1. The van der Waals surface area contributed by atoms with Gasteiger partial charge in [-0.05, 0) is 32.9 Å². The van der Waals surface area contributed by atoms with Crippen LogP contribution in [0, 0.1) is 5.82 Å². The molecule has 1 amide bonds. The monoisotopic (exact) mass is 319 g/mol. The zero-order chi connectivity index (χ0) is 16.6. The molecule has 2 heterocycles. The van der Waals surface area contributed by atoms with Crippen molar-refractivity contribution in [2.45, 2.75) is 32.3 Å². The molecule has 6 nitrogen and oxygen atoms in total. The van der Waals surface area contributed by atoms with Gasteiger partial charge in [0.1, 0.15) is 11.4 Å². The highest BCUT2D eigenvalue weighted by molar-refractivity contribution is 5.69. The number of hydrogen-bond acceptors (Lipinski definition) is 5. The maximum Gasteiger partial charge on any atom is 0.410 e. The number of aromatic nitrogens is 2. The molecule has 1 aliphatic rings. The lowest BCUT2D eigenvalue weighted by Crippen LogP contribution is -2.50. The normalized spacial score (nSPS) is 15.4. The topological polar surface area (TPSA) is 68.5 Å². The Labute approximate surface area is 133 Å². The van der Waals surface area contributed by atoms with Crippen LogP contribution in [0.4, 0.5) is 9.18 Å². The first-order valence-corrected chi connectivity index (χ1v) is 7.39. The molecule has 0 N–H and O–H groups in total. The van der Waals surface area contributed by atoms with E-state index in [9.17, 15) is 9.18 Å². The molecule has 1 aliphatic heterocycles. The molecule has 122 valence electrons. The van der Waals surface area contributed by atoms with Gasteiger partial charge < -0.3 is 14.2 Å². The Bertz CT molecular complexity index is 717. The van der Waals surface area contributed by atoms with Crippen molar-refractivity contribution in [3.05, 3.63) is 36.0 Å². The summed E-state index contributed by atoms with van der Waals surface area (Å²) in [7, 11) is 0. The third-order valence-corrected chi connectivity index (χ3v) is 3.41. The number of nitrogens with zero attached hydrogens (tertiary/aromatic N) is 3. The summed E-state index contributed by atoms with van der Waals surface area (Å²) in [6.07, 6.45) is -0.349. The van der Waals surface area contributed by atoms with Gasteiger partial charge in [-0.15, -0.1) is 0 Å². The molecular formula is C16H18FN3O3. The maximum atomic E-state index is 13.2. The number of hydrogen-bond donors (Lipinski definition) is 0. The summed E-state index contributed by atoms with van der Waals surface area (Å²) in [6.45, 7) is 6.42. The average molecular weight is 319 g/mol. The molecule has 0 unspecified atom stereocenters. The van der Waals surface area contributed by atoms with E-state index >= 15 is 0 Å². The molecule has 0 atom stereocenters. The Morgan fingerprint density at radius 2 is 2.13 bits per heavy atom. The summed E-state index contributed by atoms with van der Waals surface area (Å²) in [5.41, 5.74) is 0.0420. The van der Waals surface area contributed by atoms with Crippen molar-refractivity contribution in [2.24, 2.45) is 0 Å². The van der Waals surface area contributed by atoms with Gasteiger partial charge in [-0.1, -0.05) is 17.3 Å². The summed E-state index contributed by atoms with van der Waals surface area (Å²) in [4.78, 5) is 17.8. The number of carbonyl (C=O) groups excluding carboxylic acids is 1. The van der Waals surface area contributed by atoms with Gasteiger partial charge in [0.05, 0.1) is 5.92 Å². The van der Waals surface area contributed by atoms with Crippen LogP contribution in [-0.2, 0) is 4.74 Å². The summed E-state index contributed by atoms with van der Waals surface area (Å²) in [5.74, 6) is 0.421. The molecule has 1 aromatic heterocycles. The fourth-order valence-corrected chi connectivity index (χ4v) is 2.26. The van der Waals surface area contributed by atoms with Crippen LogP contribution in [0.15, 0.2) is 28.8 Å². The van der Waals surface area contributed by atoms with Crippen LogP contribution >= 0.6 is 0 Å². The lowest BCUT2D eigenvalue weighted by Gasteiger charge is -2.37. The molecule has 0 saturated carbocycles. The minimum absolute atomic E-state index is 0.0164. The van der Waals surface area contributed by atoms with Crippen LogP contribution in [-0.4, -0.2) is 39.8 Å². The van der Waals surface area contributed by atoms with Gasteiger partial charge in [0.2, 0.25) is 11.7 Å². The molecule has 1 aromatic carbocycles. The van der Waals surface area contributed by atoms with Gasteiger partial charge in [-0.2, -0.15) is 4.98 Å². The van der Waals surface area contributed by atoms with E-state index in [0.29, 0.717) is 30.4 Å². The Balaban J connectivity index is 1.62. The molecule has 0 aliphatic carbocycles. The zero-order valence-electron chi connectivity index (χ0n) is 13.2. The Kier molecular flexibility index (Phi) is 3.79. The molecule has 1 fully saturated rings. The second kappa shape index (κ2) is 5.64. The van der Waals surface area contributed by atoms with Crippen molar-refractivity contribution in [3.8, 4) is 11.4 Å². The average Bonchev–Trinajstić information content (AvgIpc) is 2.84. The van der Waals surface area contributed by atoms with Gasteiger partial charge >= 0.3 is 6.09 Å². The van der Waals surface area contributed by atoms with Gasteiger partial charge in [-0.25, -0.2) is 9.18 Å². The SMILES string of the molecule is CC(C)(C)OC(=O)N1CC(c2nc(-c3cccc(F)c3)no2)C1. The molecule has 0 bridgehead atoms. The van der Waals surface area contributed by atoms with E-state index in [4.69, 9.17) is 9.26 Å². The number of halogens is 1. The van der Waals surface area contributed by atoms with Gasteiger partial charge in [0.15, 0.2) is 0 Å². The highest BCUT2D eigenvalue weighted by Crippen LogP contribution is 2.29. The molecule has 23 heavy (non-hydrogen) atoms. The lowest BCUT2D eigenvalue weighted by molar-refractivity contribution is 0.00558. The van der Waals surface area contributed by atoms with Crippen molar-refractivity contribution < 1.29 is 18.4 Å². The minimum Gasteiger partial charge on any atom is -0.444 e. The molecule has 0 spiro atoms. The van der Waals surface area contributed by atoms with Gasteiger partial charge in [0.25, 0.3) is 0 Å². The number of ether oxygens (including phenoxy) is 1. The van der Waals surface area contributed by atoms with Crippen molar-refractivity contribution in [1.82, 2.24) is 15.0 Å². The fraction of sp³-hybridized carbons (Fsp3) is 0.438. The largest absolute Gasteiger partial charge is 0.444 e. The van der Waals surface area contributed by atoms with Crippen molar-refractivity contribution in [2.75, 3.05) is 13.1 Å². The first-order valence-electron chi connectivity index (χ1n) is 7.39. The maximum absolute atomic E-state index is 13.2. The summed E-state index contributed by atoms with van der Waals surface area (Å²) >= 11 is 0. The summed E-state index contributed by atoms with van der Waals surface area (Å²) in [5, 5.41) is 3.87. The van der Waals surface area contributed by atoms with E-state index in [1.165, 1.54) is 12.1 Å². The van der Waals surface area contributed by atoms with Gasteiger partial charge in [-0.3, -0.25) is 0 Å². The Hall–Kier alpha value is -2.44. The summed E-state index contributed by atoms with van der Waals surface area (Å²) in [6, 6.07) is 6.01. The zero-order valence-corrected chi connectivity index (χ0v) is 13.2. The van der Waals surface area contributed by atoms with E-state index in [1.807, 2.05) is 20.8 Å². The predicted molar refractivity (Wildman–Crippen MR) is 80.2 cm³/mol. The standard InChI is InChI=1S/C16H18FN3O3/c1-16(2,3)22-15(21)20-8-11(9-20)14-18-13(19-23-14)10-5-4-6-12(17)7-10/h4-7,11H,8-9H2,1-3H3. The molecular weight excluding hydrogens is 301 g/mol. The molecule has 3 rings (SSSR count). The van der Waals surface area contributed by atoms with E-state index < -0.39 is 5.60 Å². The van der Waals surface area contributed by atoms with E-state index in [0.717, 1.165) is 0 Å². The van der Waals surface area contributed by atoms with Crippen molar-refractivity contribution in [3.63, 3.8) is 0 Å². The van der Waals surface area contributed by atoms with Gasteiger partial charge in [0, 0.05) is 18.7 Å². The Morgan fingerprint density at radius 1 is 1.39 bits per heavy atom. The third-order valence-electron chi connectivity index (χ3n) is 3.41. The smallest absolute Gasteiger partial charge is 0.410 e. The highest BCUT2D eigenvalue weighted by Gasteiger charge is 2.37. The molecule has 7 heteroatoms. The van der Waals surface area contributed by atoms with Crippen LogP contribution in [0.2, 0.25) is 0 Å². The Morgan fingerprint density at radius 3 is 2.78 bits per heavy atom. The number of rotatable bonds is 2. The molecule has 2 aromatic rings. The van der Waals surface area contributed by atoms with Crippen molar-refractivity contribution >= 4 is 6.09 Å². The van der Waals surface area contributed by atoms with Crippen LogP contribution in [0.5, 0.6) is 0 Å². The van der Waals surface area contributed by atoms with Crippen molar-refractivity contribution in [1.29, 1.82) is 0 Å². The number of carbonyl (C=O) groups is 1. The molecule has 1 saturated heterocycles. The lowest BCUT2D eigenvalue weighted by atomic mass is 10.0. The van der Waals surface area contributed by atoms with Crippen LogP contribution in [0.3, 0.4) is 0 Å². The van der Waals surface area contributed by atoms with Crippen LogP contribution in [0.25, 0.3) is 11.4 Å². The first kappa shape index (κ1) is 15.5. The second-order valence-corrected chi connectivity index (χ2v) is 6.55.